The number of halogens is 2. The zero-order valence-electron chi connectivity index (χ0n) is 8.67. The molecule has 3 nitrogen and oxygen atoms in total. The van der Waals surface area contributed by atoms with Crippen molar-refractivity contribution in [1.29, 1.82) is 0 Å². The molecule has 1 heterocycles. The fourth-order valence-electron chi connectivity index (χ4n) is 1.66. The van der Waals surface area contributed by atoms with Gasteiger partial charge in [0.25, 0.3) is 0 Å². The number of alkyl halides is 1. The Balaban J connectivity index is 2.02. The SMILES string of the molecule is CC1(C)C(Cl)CC1Nc1ncc(Br)cn1. The summed E-state index contributed by atoms with van der Waals surface area (Å²) in [7, 11) is 0. The molecule has 1 aromatic rings. The van der Waals surface area contributed by atoms with E-state index in [9.17, 15) is 0 Å². The van der Waals surface area contributed by atoms with Crippen LogP contribution >= 0.6 is 27.5 Å². The van der Waals surface area contributed by atoms with E-state index >= 15 is 0 Å². The van der Waals surface area contributed by atoms with Gasteiger partial charge in [0.2, 0.25) is 5.95 Å². The highest BCUT2D eigenvalue weighted by atomic mass is 79.9. The quantitative estimate of drug-likeness (QED) is 0.851. The highest BCUT2D eigenvalue weighted by molar-refractivity contribution is 9.10. The summed E-state index contributed by atoms with van der Waals surface area (Å²) in [5.74, 6) is 0.667. The smallest absolute Gasteiger partial charge is 0.222 e. The van der Waals surface area contributed by atoms with Crippen molar-refractivity contribution in [2.75, 3.05) is 5.32 Å². The Labute approximate surface area is 103 Å². The number of aromatic nitrogens is 2. The van der Waals surface area contributed by atoms with Gasteiger partial charge in [0.15, 0.2) is 0 Å². The Kier molecular flexibility index (Phi) is 2.90. The summed E-state index contributed by atoms with van der Waals surface area (Å²) in [4.78, 5) is 8.36. The maximum atomic E-state index is 6.14. The van der Waals surface area contributed by atoms with Gasteiger partial charge in [0.05, 0.1) is 4.47 Å². The predicted octanol–water partition coefficient (Wildman–Crippen LogP) is 3.06. The molecule has 2 unspecified atom stereocenters. The molecule has 0 spiro atoms. The van der Waals surface area contributed by atoms with E-state index in [4.69, 9.17) is 11.6 Å². The van der Waals surface area contributed by atoms with Crippen molar-refractivity contribution in [3.63, 3.8) is 0 Å². The molecule has 1 saturated carbocycles. The lowest BCUT2D eigenvalue weighted by Crippen LogP contribution is -2.54. The molecule has 2 rings (SSSR count). The monoisotopic (exact) mass is 289 g/mol. The zero-order valence-corrected chi connectivity index (χ0v) is 11.0. The van der Waals surface area contributed by atoms with Crippen LogP contribution in [0.5, 0.6) is 0 Å². The van der Waals surface area contributed by atoms with Crippen LogP contribution in [0.4, 0.5) is 5.95 Å². The molecule has 0 amide bonds. The number of nitrogens with one attached hydrogen (secondary N) is 1. The summed E-state index contributed by atoms with van der Waals surface area (Å²) < 4.78 is 0.885. The molecule has 0 saturated heterocycles. The molecule has 2 atom stereocenters. The van der Waals surface area contributed by atoms with E-state index in [-0.39, 0.29) is 10.8 Å². The minimum atomic E-state index is 0.109. The summed E-state index contributed by atoms with van der Waals surface area (Å²) in [5.41, 5.74) is 0.109. The van der Waals surface area contributed by atoms with Crippen LogP contribution in [0.3, 0.4) is 0 Å². The molecule has 5 heteroatoms. The Hall–Kier alpha value is -0.350. The summed E-state index contributed by atoms with van der Waals surface area (Å²) in [6.45, 7) is 4.31. The topological polar surface area (TPSA) is 37.8 Å². The molecule has 1 aliphatic carbocycles. The van der Waals surface area contributed by atoms with Crippen molar-refractivity contribution in [1.82, 2.24) is 9.97 Å². The van der Waals surface area contributed by atoms with Crippen molar-refractivity contribution in [2.24, 2.45) is 5.41 Å². The summed E-state index contributed by atoms with van der Waals surface area (Å²) in [5, 5.41) is 3.54. The second-order valence-electron chi connectivity index (χ2n) is 4.45. The summed E-state index contributed by atoms with van der Waals surface area (Å²) in [6, 6.07) is 0.362. The highest BCUT2D eigenvalue weighted by Gasteiger charge is 2.47. The molecule has 1 fully saturated rings. The van der Waals surface area contributed by atoms with E-state index in [0.29, 0.717) is 12.0 Å². The standard InChI is InChI=1S/C10H13BrClN3/c1-10(2)7(12)3-8(10)15-9-13-4-6(11)5-14-9/h4-5,7-8H,3H2,1-2H3,(H,13,14,15). The normalized spacial score (nSPS) is 28.3. The first-order valence-electron chi connectivity index (χ1n) is 4.88. The number of anilines is 1. The molecule has 0 radical (unpaired) electrons. The van der Waals surface area contributed by atoms with Gasteiger partial charge in [-0.15, -0.1) is 11.6 Å². The molecule has 1 aliphatic rings. The first kappa shape index (κ1) is 11.1. The molecule has 0 aliphatic heterocycles. The maximum Gasteiger partial charge on any atom is 0.222 e. The maximum absolute atomic E-state index is 6.14. The van der Waals surface area contributed by atoms with E-state index in [1.165, 1.54) is 0 Å². The molecule has 1 N–H and O–H groups in total. The number of nitrogens with zero attached hydrogens (tertiary/aromatic N) is 2. The molecular formula is C10H13BrClN3. The van der Waals surface area contributed by atoms with Gasteiger partial charge in [-0.2, -0.15) is 0 Å². The van der Waals surface area contributed by atoms with Crippen molar-refractivity contribution >= 4 is 33.5 Å². The van der Waals surface area contributed by atoms with Crippen molar-refractivity contribution in [2.45, 2.75) is 31.7 Å². The van der Waals surface area contributed by atoms with Gasteiger partial charge in [-0.05, 0) is 22.4 Å². The van der Waals surface area contributed by atoms with Gasteiger partial charge in [0.1, 0.15) is 0 Å². The van der Waals surface area contributed by atoms with E-state index in [2.05, 4.69) is 45.1 Å². The molecule has 82 valence electrons. The third kappa shape index (κ3) is 2.11. The van der Waals surface area contributed by atoms with Crippen molar-refractivity contribution < 1.29 is 0 Å². The Morgan fingerprint density at radius 3 is 2.53 bits per heavy atom. The van der Waals surface area contributed by atoms with Gasteiger partial charge in [0, 0.05) is 29.2 Å². The van der Waals surface area contributed by atoms with Crippen LogP contribution < -0.4 is 5.32 Å². The second-order valence-corrected chi connectivity index (χ2v) is 5.89. The third-order valence-corrected chi connectivity index (χ3v) is 4.22. The minimum absolute atomic E-state index is 0.109. The molecule has 1 aromatic heterocycles. The van der Waals surface area contributed by atoms with E-state index in [1.54, 1.807) is 12.4 Å². The lowest BCUT2D eigenvalue weighted by atomic mass is 9.67. The van der Waals surface area contributed by atoms with E-state index in [1.807, 2.05) is 0 Å². The first-order chi connectivity index (χ1) is 7.00. The molecule has 15 heavy (non-hydrogen) atoms. The largest absolute Gasteiger partial charge is 0.351 e. The minimum Gasteiger partial charge on any atom is -0.351 e. The molecule has 0 bridgehead atoms. The van der Waals surface area contributed by atoms with Crippen molar-refractivity contribution in [3.8, 4) is 0 Å². The highest BCUT2D eigenvalue weighted by Crippen LogP contribution is 2.45. The Bertz CT molecular complexity index is 352. The predicted molar refractivity (Wildman–Crippen MR) is 65.2 cm³/mol. The summed E-state index contributed by atoms with van der Waals surface area (Å²) >= 11 is 9.44. The molecule has 0 aromatic carbocycles. The van der Waals surface area contributed by atoms with Crippen LogP contribution in [0.25, 0.3) is 0 Å². The first-order valence-corrected chi connectivity index (χ1v) is 6.11. The average molecular weight is 291 g/mol. The van der Waals surface area contributed by atoms with Crippen LogP contribution in [0.2, 0.25) is 0 Å². The van der Waals surface area contributed by atoms with Crippen LogP contribution in [-0.4, -0.2) is 21.4 Å². The van der Waals surface area contributed by atoms with Gasteiger partial charge >= 0.3 is 0 Å². The lowest BCUT2D eigenvalue weighted by molar-refractivity contribution is 0.167. The average Bonchev–Trinajstić information content (AvgIpc) is 2.21. The number of rotatable bonds is 2. The fourth-order valence-corrected chi connectivity index (χ4v) is 2.19. The summed E-state index contributed by atoms with van der Waals surface area (Å²) in [6.07, 6.45) is 4.44. The van der Waals surface area contributed by atoms with Crippen LogP contribution in [0, 0.1) is 5.41 Å². The number of hydrogen-bond donors (Lipinski definition) is 1. The fraction of sp³-hybridized carbons (Fsp3) is 0.600. The Morgan fingerprint density at radius 2 is 2.07 bits per heavy atom. The van der Waals surface area contributed by atoms with Gasteiger partial charge < -0.3 is 5.32 Å². The van der Waals surface area contributed by atoms with E-state index in [0.717, 1.165) is 10.9 Å². The van der Waals surface area contributed by atoms with Crippen LogP contribution in [-0.2, 0) is 0 Å². The van der Waals surface area contributed by atoms with Crippen LogP contribution in [0.15, 0.2) is 16.9 Å². The van der Waals surface area contributed by atoms with Crippen LogP contribution in [0.1, 0.15) is 20.3 Å². The Morgan fingerprint density at radius 1 is 1.47 bits per heavy atom. The molecular weight excluding hydrogens is 277 g/mol. The van der Waals surface area contributed by atoms with Gasteiger partial charge in [-0.25, -0.2) is 9.97 Å². The second kappa shape index (κ2) is 3.91. The lowest BCUT2D eigenvalue weighted by Gasteiger charge is -2.49. The van der Waals surface area contributed by atoms with Gasteiger partial charge in [-0.3, -0.25) is 0 Å². The van der Waals surface area contributed by atoms with Crippen molar-refractivity contribution in [3.05, 3.63) is 16.9 Å². The van der Waals surface area contributed by atoms with Gasteiger partial charge in [-0.1, -0.05) is 13.8 Å². The third-order valence-electron chi connectivity index (χ3n) is 3.07. The van der Waals surface area contributed by atoms with E-state index < -0.39 is 0 Å². The zero-order chi connectivity index (χ0) is 11.1. The number of hydrogen-bond acceptors (Lipinski definition) is 3.